The molecule has 1 saturated heterocycles. The summed E-state index contributed by atoms with van der Waals surface area (Å²) >= 11 is 0. The average Bonchev–Trinajstić information content (AvgIpc) is 3.43. The Labute approximate surface area is 196 Å². The van der Waals surface area contributed by atoms with Gasteiger partial charge in [0.05, 0.1) is 31.1 Å². The smallest absolute Gasteiger partial charge is 0.320 e. The van der Waals surface area contributed by atoms with E-state index in [-0.39, 0.29) is 18.6 Å². The third kappa shape index (κ3) is 5.24. The quantitative estimate of drug-likeness (QED) is 0.470. The maximum Gasteiger partial charge on any atom is 0.320 e. The van der Waals surface area contributed by atoms with E-state index in [0.717, 1.165) is 11.8 Å². The van der Waals surface area contributed by atoms with Crippen LogP contribution in [0.1, 0.15) is 17.0 Å². The Kier molecular flexibility index (Phi) is 7.51. The maximum atomic E-state index is 13.9. The van der Waals surface area contributed by atoms with Crippen LogP contribution in [0.2, 0.25) is 0 Å². The van der Waals surface area contributed by atoms with Crippen LogP contribution in [0.3, 0.4) is 0 Å². The number of methoxy groups -OCH3 is 1. The minimum Gasteiger partial charge on any atom is -0.391 e. The number of carbonyl (C=O) groups excluding carboxylic acids is 1. The molecule has 0 saturated carbocycles. The molecule has 8 nitrogen and oxygen atoms in total. The number of amides is 2. The fraction of sp³-hybridized carbons (Fsp3) is 0.333. The summed E-state index contributed by atoms with van der Waals surface area (Å²) in [5.74, 6) is -1.72. The standard InChI is InChI=1S/C24H27F2N5O3/c1-34-10-9-30-13-19(16-7-8-20(25)21(26)11-16)22(14-30)28-24(33)29-23-17(15-32)12-27-31(23)18-5-3-2-4-6-18/h2-8,11-12,19,22,32H,9-10,13-15H2,1H3,(H2,28,29,33)/t19-,22+/m0/s1. The van der Waals surface area contributed by atoms with Crippen LogP contribution < -0.4 is 10.6 Å². The fourth-order valence-corrected chi connectivity index (χ4v) is 4.22. The van der Waals surface area contributed by atoms with Crippen LogP contribution >= 0.6 is 0 Å². The third-order valence-electron chi connectivity index (χ3n) is 5.94. The zero-order chi connectivity index (χ0) is 24.1. The number of aliphatic hydroxyl groups is 1. The van der Waals surface area contributed by atoms with Gasteiger partial charge in [0.15, 0.2) is 11.6 Å². The predicted molar refractivity (Wildman–Crippen MR) is 123 cm³/mol. The van der Waals surface area contributed by atoms with Crippen molar-refractivity contribution in [3.8, 4) is 5.69 Å². The Hall–Kier alpha value is -3.34. The molecule has 2 heterocycles. The number of ether oxygens (including phenoxy) is 1. The van der Waals surface area contributed by atoms with Gasteiger partial charge in [-0.2, -0.15) is 5.10 Å². The summed E-state index contributed by atoms with van der Waals surface area (Å²) in [4.78, 5) is 15.1. The van der Waals surface area contributed by atoms with Gasteiger partial charge in [0.2, 0.25) is 0 Å². The molecule has 10 heteroatoms. The van der Waals surface area contributed by atoms with Gasteiger partial charge in [0.25, 0.3) is 0 Å². The first-order valence-corrected chi connectivity index (χ1v) is 11.0. The summed E-state index contributed by atoms with van der Waals surface area (Å²) in [6.07, 6.45) is 1.49. The van der Waals surface area contributed by atoms with E-state index in [4.69, 9.17) is 4.74 Å². The Morgan fingerprint density at radius 3 is 2.68 bits per heavy atom. The molecule has 0 radical (unpaired) electrons. The number of urea groups is 1. The minimum absolute atomic E-state index is 0.242. The van der Waals surface area contributed by atoms with Gasteiger partial charge in [-0.1, -0.05) is 24.3 Å². The van der Waals surface area contributed by atoms with Crippen molar-refractivity contribution < 1.29 is 23.4 Å². The number of likely N-dealkylation sites (tertiary alicyclic amines) is 1. The molecular weight excluding hydrogens is 444 g/mol. The molecule has 3 aromatic rings. The molecular formula is C24H27F2N5O3. The zero-order valence-electron chi connectivity index (χ0n) is 18.7. The molecule has 0 spiro atoms. The number of nitrogens with one attached hydrogen (secondary N) is 2. The molecule has 1 aliphatic rings. The molecule has 180 valence electrons. The first kappa shape index (κ1) is 23.8. The molecule has 2 amide bonds. The van der Waals surface area contributed by atoms with E-state index in [1.807, 2.05) is 30.3 Å². The number of hydrogen-bond donors (Lipinski definition) is 3. The summed E-state index contributed by atoms with van der Waals surface area (Å²) in [7, 11) is 1.61. The molecule has 2 aromatic carbocycles. The lowest BCUT2D eigenvalue weighted by Gasteiger charge is -2.21. The van der Waals surface area contributed by atoms with Crippen LogP contribution in [0.4, 0.5) is 19.4 Å². The average molecular weight is 472 g/mol. The lowest BCUT2D eigenvalue weighted by molar-refractivity contribution is 0.159. The summed E-state index contributed by atoms with van der Waals surface area (Å²) in [6.45, 7) is 1.94. The second-order valence-corrected chi connectivity index (χ2v) is 8.16. The first-order chi connectivity index (χ1) is 16.5. The molecule has 1 fully saturated rings. The number of benzene rings is 2. The number of aliphatic hydroxyl groups excluding tert-OH is 1. The number of hydrogen-bond acceptors (Lipinski definition) is 5. The highest BCUT2D eigenvalue weighted by Crippen LogP contribution is 2.29. The number of carbonyl (C=O) groups is 1. The lowest BCUT2D eigenvalue weighted by Crippen LogP contribution is -2.42. The van der Waals surface area contributed by atoms with Gasteiger partial charge >= 0.3 is 6.03 Å². The summed E-state index contributed by atoms with van der Waals surface area (Å²) in [5.41, 5.74) is 1.79. The Morgan fingerprint density at radius 1 is 1.18 bits per heavy atom. The SMILES string of the molecule is COCCN1C[C@@H](NC(=O)Nc2c(CO)cnn2-c2ccccc2)[C@H](c2ccc(F)c(F)c2)C1. The first-order valence-electron chi connectivity index (χ1n) is 11.0. The number of aromatic nitrogens is 2. The van der Waals surface area contributed by atoms with E-state index in [9.17, 15) is 18.7 Å². The second kappa shape index (κ2) is 10.7. The Balaban J connectivity index is 1.53. The molecule has 0 bridgehead atoms. The van der Waals surface area contributed by atoms with Crippen molar-refractivity contribution in [1.29, 1.82) is 0 Å². The number of rotatable bonds is 8. The van der Waals surface area contributed by atoms with Crippen LogP contribution in [-0.4, -0.2) is 65.2 Å². The summed E-state index contributed by atoms with van der Waals surface area (Å²) in [5, 5.41) is 19.8. The fourth-order valence-electron chi connectivity index (χ4n) is 4.22. The molecule has 0 unspecified atom stereocenters. The highest BCUT2D eigenvalue weighted by Gasteiger charge is 2.35. The number of halogens is 2. The molecule has 1 aromatic heterocycles. The highest BCUT2D eigenvalue weighted by atomic mass is 19.2. The van der Waals surface area contributed by atoms with Gasteiger partial charge in [-0.25, -0.2) is 18.3 Å². The van der Waals surface area contributed by atoms with Gasteiger partial charge in [-0.05, 0) is 29.8 Å². The van der Waals surface area contributed by atoms with E-state index in [2.05, 4.69) is 20.6 Å². The monoisotopic (exact) mass is 471 g/mol. The van der Waals surface area contributed by atoms with Crippen molar-refractivity contribution in [2.75, 3.05) is 38.7 Å². The molecule has 3 N–H and O–H groups in total. The van der Waals surface area contributed by atoms with Gasteiger partial charge in [-0.3, -0.25) is 10.2 Å². The Morgan fingerprint density at radius 2 is 1.97 bits per heavy atom. The van der Waals surface area contributed by atoms with Crippen molar-refractivity contribution >= 4 is 11.8 Å². The van der Waals surface area contributed by atoms with Gasteiger partial charge in [0.1, 0.15) is 5.82 Å². The van der Waals surface area contributed by atoms with Gasteiger partial charge < -0.3 is 15.2 Å². The van der Waals surface area contributed by atoms with E-state index in [1.165, 1.54) is 16.9 Å². The van der Waals surface area contributed by atoms with Crippen molar-refractivity contribution in [2.45, 2.75) is 18.6 Å². The largest absolute Gasteiger partial charge is 0.391 e. The second-order valence-electron chi connectivity index (χ2n) is 8.16. The highest BCUT2D eigenvalue weighted by molar-refractivity contribution is 5.89. The Bertz CT molecular complexity index is 1130. The topological polar surface area (TPSA) is 91.7 Å². The number of anilines is 1. The summed E-state index contributed by atoms with van der Waals surface area (Å²) in [6, 6.07) is 12.2. The molecule has 34 heavy (non-hydrogen) atoms. The molecule has 0 aliphatic carbocycles. The minimum atomic E-state index is -0.921. The third-order valence-corrected chi connectivity index (χ3v) is 5.94. The normalized spacial score (nSPS) is 18.2. The van der Waals surface area contributed by atoms with Crippen LogP contribution in [0.5, 0.6) is 0 Å². The van der Waals surface area contributed by atoms with Crippen molar-refractivity contribution in [1.82, 2.24) is 20.0 Å². The predicted octanol–water partition coefficient (Wildman–Crippen LogP) is 2.88. The summed E-state index contributed by atoms with van der Waals surface area (Å²) < 4.78 is 34.1. The van der Waals surface area contributed by atoms with Crippen molar-refractivity contribution in [3.05, 3.63) is 77.5 Å². The van der Waals surface area contributed by atoms with Gasteiger partial charge in [-0.15, -0.1) is 0 Å². The molecule has 1 aliphatic heterocycles. The maximum absolute atomic E-state index is 13.9. The van der Waals surface area contributed by atoms with Crippen LogP contribution in [0.25, 0.3) is 5.69 Å². The van der Waals surface area contributed by atoms with Crippen LogP contribution in [0.15, 0.2) is 54.7 Å². The number of nitrogens with zero attached hydrogens (tertiary/aromatic N) is 3. The van der Waals surface area contributed by atoms with Crippen LogP contribution in [0, 0.1) is 11.6 Å². The van der Waals surface area contributed by atoms with Crippen molar-refractivity contribution in [3.63, 3.8) is 0 Å². The van der Waals surface area contributed by atoms with Crippen LogP contribution in [-0.2, 0) is 11.3 Å². The zero-order valence-corrected chi connectivity index (χ0v) is 18.7. The number of para-hydroxylation sites is 1. The molecule has 4 rings (SSSR count). The van der Waals surface area contributed by atoms with E-state index < -0.39 is 17.7 Å². The van der Waals surface area contributed by atoms with Gasteiger partial charge in [0, 0.05) is 38.2 Å². The lowest BCUT2D eigenvalue weighted by atomic mass is 9.94. The molecule has 2 atom stereocenters. The van der Waals surface area contributed by atoms with E-state index in [0.29, 0.717) is 43.2 Å². The van der Waals surface area contributed by atoms with E-state index in [1.54, 1.807) is 13.2 Å². The van der Waals surface area contributed by atoms with Crippen molar-refractivity contribution in [2.24, 2.45) is 0 Å². The van der Waals surface area contributed by atoms with E-state index >= 15 is 0 Å².